The Kier molecular flexibility index (Phi) is 4.68. The SMILES string of the molecule is Cc1cccc(CN2CCN(Cn3cc([N+](=O)[O-])cn3)CC2)c1. The van der Waals surface area contributed by atoms with Crippen molar-refractivity contribution in [1.29, 1.82) is 0 Å². The fraction of sp³-hybridized carbons (Fsp3) is 0.438. The lowest BCUT2D eigenvalue weighted by Crippen LogP contribution is -2.46. The molecule has 1 saturated heterocycles. The van der Waals surface area contributed by atoms with Gasteiger partial charge in [-0.15, -0.1) is 0 Å². The zero-order valence-electron chi connectivity index (χ0n) is 13.3. The lowest BCUT2D eigenvalue weighted by molar-refractivity contribution is -0.385. The van der Waals surface area contributed by atoms with Crippen LogP contribution in [0.25, 0.3) is 0 Å². The van der Waals surface area contributed by atoms with E-state index in [1.54, 1.807) is 4.68 Å². The molecule has 1 aromatic carbocycles. The number of hydrogen-bond acceptors (Lipinski definition) is 5. The molecule has 1 aliphatic rings. The van der Waals surface area contributed by atoms with E-state index in [0.29, 0.717) is 6.67 Å². The van der Waals surface area contributed by atoms with Gasteiger partial charge in [0.2, 0.25) is 0 Å². The molecule has 0 N–H and O–H groups in total. The molecule has 0 bridgehead atoms. The van der Waals surface area contributed by atoms with E-state index in [4.69, 9.17) is 0 Å². The minimum Gasteiger partial charge on any atom is -0.297 e. The molecule has 2 aromatic rings. The molecular weight excluding hydrogens is 294 g/mol. The van der Waals surface area contributed by atoms with Gasteiger partial charge in [0.1, 0.15) is 12.4 Å². The lowest BCUT2D eigenvalue weighted by atomic mass is 10.1. The number of hydrogen-bond donors (Lipinski definition) is 0. The quantitative estimate of drug-likeness (QED) is 0.622. The van der Waals surface area contributed by atoms with E-state index >= 15 is 0 Å². The molecule has 122 valence electrons. The third-order valence-electron chi connectivity index (χ3n) is 4.13. The van der Waals surface area contributed by atoms with Crippen LogP contribution in [-0.4, -0.2) is 50.7 Å². The maximum Gasteiger partial charge on any atom is 0.307 e. The van der Waals surface area contributed by atoms with Crippen LogP contribution in [-0.2, 0) is 13.2 Å². The number of aromatic nitrogens is 2. The molecule has 1 aromatic heterocycles. The molecule has 0 atom stereocenters. The van der Waals surface area contributed by atoms with Crippen molar-refractivity contribution < 1.29 is 4.92 Å². The average Bonchev–Trinajstić information content (AvgIpc) is 2.98. The number of benzene rings is 1. The molecule has 1 aliphatic heterocycles. The fourth-order valence-corrected chi connectivity index (χ4v) is 2.89. The molecule has 0 aliphatic carbocycles. The summed E-state index contributed by atoms with van der Waals surface area (Å²) in [6.07, 6.45) is 2.78. The number of nitrogens with zero attached hydrogens (tertiary/aromatic N) is 5. The molecule has 7 nitrogen and oxygen atoms in total. The molecule has 0 radical (unpaired) electrons. The molecule has 1 fully saturated rings. The van der Waals surface area contributed by atoms with E-state index in [1.807, 2.05) is 0 Å². The molecule has 0 saturated carbocycles. The Bertz CT molecular complexity index is 677. The predicted molar refractivity (Wildman–Crippen MR) is 86.9 cm³/mol. The Morgan fingerprint density at radius 1 is 1.22 bits per heavy atom. The first-order valence-electron chi connectivity index (χ1n) is 7.77. The summed E-state index contributed by atoms with van der Waals surface area (Å²) in [5, 5.41) is 14.7. The van der Waals surface area contributed by atoms with Gasteiger partial charge in [-0.25, -0.2) is 0 Å². The molecule has 0 amide bonds. The van der Waals surface area contributed by atoms with Crippen molar-refractivity contribution in [2.24, 2.45) is 0 Å². The molecule has 7 heteroatoms. The first kappa shape index (κ1) is 15.6. The summed E-state index contributed by atoms with van der Waals surface area (Å²) < 4.78 is 1.63. The molecule has 0 spiro atoms. The summed E-state index contributed by atoms with van der Waals surface area (Å²) in [6.45, 7) is 7.58. The van der Waals surface area contributed by atoms with Gasteiger partial charge in [0, 0.05) is 32.7 Å². The minimum atomic E-state index is -0.413. The Morgan fingerprint density at radius 3 is 2.61 bits per heavy atom. The van der Waals surface area contributed by atoms with Gasteiger partial charge in [-0.1, -0.05) is 29.8 Å². The summed E-state index contributed by atoms with van der Waals surface area (Å²) >= 11 is 0. The van der Waals surface area contributed by atoms with Crippen molar-refractivity contribution in [2.45, 2.75) is 20.1 Å². The second-order valence-corrected chi connectivity index (χ2v) is 6.02. The summed E-state index contributed by atoms with van der Waals surface area (Å²) in [6, 6.07) is 8.62. The molecule has 0 unspecified atom stereocenters. The molecule has 23 heavy (non-hydrogen) atoms. The van der Waals surface area contributed by atoms with Crippen molar-refractivity contribution in [3.63, 3.8) is 0 Å². The first-order chi connectivity index (χ1) is 11.1. The predicted octanol–water partition coefficient (Wildman–Crippen LogP) is 1.88. The van der Waals surface area contributed by atoms with E-state index in [0.717, 1.165) is 32.7 Å². The number of piperazine rings is 1. The van der Waals surface area contributed by atoms with E-state index in [-0.39, 0.29) is 5.69 Å². The van der Waals surface area contributed by atoms with Crippen LogP contribution in [0.4, 0.5) is 5.69 Å². The highest BCUT2D eigenvalue weighted by molar-refractivity contribution is 5.22. The zero-order chi connectivity index (χ0) is 16.2. The van der Waals surface area contributed by atoms with Crippen LogP contribution < -0.4 is 0 Å². The van der Waals surface area contributed by atoms with Crippen LogP contribution in [0, 0.1) is 17.0 Å². The van der Waals surface area contributed by atoms with Gasteiger partial charge in [-0.3, -0.25) is 24.6 Å². The highest BCUT2D eigenvalue weighted by atomic mass is 16.6. The third-order valence-corrected chi connectivity index (χ3v) is 4.13. The van der Waals surface area contributed by atoms with Gasteiger partial charge >= 0.3 is 5.69 Å². The molecule has 3 rings (SSSR count). The van der Waals surface area contributed by atoms with Crippen LogP contribution in [0.2, 0.25) is 0 Å². The number of nitro groups is 1. The zero-order valence-corrected chi connectivity index (χ0v) is 13.3. The molecular formula is C16H21N5O2. The van der Waals surface area contributed by atoms with Crippen LogP contribution in [0.15, 0.2) is 36.7 Å². The Morgan fingerprint density at radius 2 is 1.96 bits per heavy atom. The maximum atomic E-state index is 10.7. The molecule has 2 heterocycles. The number of aryl methyl sites for hydroxylation is 1. The second kappa shape index (κ2) is 6.89. The van der Waals surface area contributed by atoms with E-state index < -0.39 is 4.92 Å². The monoisotopic (exact) mass is 315 g/mol. The van der Waals surface area contributed by atoms with Crippen molar-refractivity contribution in [2.75, 3.05) is 26.2 Å². The highest BCUT2D eigenvalue weighted by Crippen LogP contribution is 2.12. The van der Waals surface area contributed by atoms with E-state index in [1.165, 1.54) is 23.5 Å². The largest absolute Gasteiger partial charge is 0.307 e. The van der Waals surface area contributed by atoms with Gasteiger partial charge in [0.15, 0.2) is 0 Å². The highest BCUT2D eigenvalue weighted by Gasteiger charge is 2.18. The van der Waals surface area contributed by atoms with Crippen molar-refractivity contribution in [3.8, 4) is 0 Å². The Labute approximate surface area is 135 Å². The maximum absolute atomic E-state index is 10.7. The normalized spacial score (nSPS) is 16.6. The van der Waals surface area contributed by atoms with Crippen LogP contribution >= 0.6 is 0 Å². The Balaban J connectivity index is 1.49. The van der Waals surface area contributed by atoms with Crippen molar-refractivity contribution in [3.05, 3.63) is 57.9 Å². The van der Waals surface area contributed by atoms with Crippen molar-refractivity contribution >= 4 is 5.69 Å². The van der Waals surface area contributed by atoms with Gasteiger partial charge < -0.3 is 0 Å². The van der Waals surface area contributed by atoms with Crippen LogP contribution in [0.5, 0.6) is 0 Å². The summed E-state index contributed by atoms with van der Waals surface area (Å²) in [4.78, 5) is 15.0. The van der Waals surface area contributed by atoms with E-state index in [2.05, 4.69) is 46.1 Å². The number of rotatable bonds is 5. The van der Waals surface area contributed by atoms with Crippen LogP contribution in [0.3, 0.4) is 0 Å². The summed E-state index contributed by atoms with van der Waals surface area (Å²) in [5.74, 6) is 0. The topological polar surface area (TPSA) is 67.4 Å². The fourth-order valence-electron chi connectivity index (χ4n) is 2.89. The first-order valence-corrected chi connectivity index (χ1v) is 7.77. The summed E-state index contributed by atoms with van der Waals surface area (Å²) in [5.41, 5.74) is 2.69. The van der Waals surface area contributed by atoms with Gasteiger partial charge in [-0.05, 0) is 12.5 Å². The van der Waals surface area contributed by atoms with Gasteiger partial charge in [-0.2, -0.15) is 5.10 Å². The van der Waals surface area contributed by atoms with Crippen LogP contribution in [0.1, 0.15) is 11.1 Å². The standard InChI is InChI=1S/C16H21N5O2/c1-14-3-2-4-15(9-14)11-18-5-7-19(8-6-18)13-20-12-16(10-17-20)21(22)23/h2-4,9-10,12H,5-8,11,13H2,1H3. The third kappa shape index (κ3) is 4.14. The van der Waals surface area contributed by atoms with Crippen molar-refractivity contribution in [1.82, 2.24) is 19.6 Å². The Hall–Kier alpha value is -2.25. The van der Waals surface area contributed by atoms with Gasteiger partial charge in [0.05, 0.1) is 11.6 Å². The smallest absolute Gasteiger partial charge is 0.297 e. The van der Waals surface area contributed by atoms with Gasteiger partial charge in [0.25, 0.3) is 0 Å². The van der Waals surface area contributed by atoms with E-state index in [9.17, 15) is 10.1 Å². The summed E-state index contributed by atoms with van der Waals surface area (Å²) in [7, 11) is 0. The average molecular weight is 315 g/mol. The lowest BCUT2D eigenvalue weighted by Gasteiger charge is -2.34. The minimum absolute atomic E-state index is 0.0445. The second-order valence-electron chi connectivity index (χ2n) is 6.02.